The van der Waals surface area contributed by atoms with E-state index in [1.807, 2.05) is 49.5 Å². The van der Waals surface area contributed by atoms with Crippen LogP contribution in [0.3, 0.4) is 0 Å². The van der Waals surface area contributed by atoms with Crippen molar-refractivity contribution in [2.45, 2.75) is 6.04 Å². The summed E-state index contributed by atoms with van der Waals surface area (Å²) in [5.41, 5.74) is 2.33. The number of halogens is 2. The highest BCUT2D eigenvalue weighted by molar-refractivity contribution is 6.35. The van der Waals surface area contributed by atoms with Crippen molar-refractivity contribution >= 4 is 34.0 Å². The van der Waals surface area contributed by atoms with Crippen LogP contribution >= 0.6 is 23.2 Å². The predicted octanol–water partition coefficient (Wildman–Crippen LogP) is 5.46. The summed E-state index contributed by atoms with van der Waals surface area (Å²) in [6, 6.07) is 20.2. The van der Waals surface area contributed by atoms with Crippen molar-refractivity contribution in [2.24, 2.45) is 0 Å². The van der Waals surface area contributed by atoms with Gasteiger partial charge in [-0.05, 0) is 41.8 Å². The molecule has 3 aromatic carbocycles. The van der Waals surface area contributed by atoms with E-state index in [1.54, 1.807) is 0 Å². The van der Waals surface area contributed by atoms with E-state index in [9.17, 15) is 0 Å². The highest BCUT2D eigenvalue weighted by Gasteiger charge is 2.16. The van der Waals surface area contributed by atoms with Gasteiger partial charge in [-0.15, -0.1) is 0 Å². The van der Waals surface area contributed by atoms with Gasteiger partial charge in [-0.3, -0.25) is 0 Å². The average molecular weight is 316 g/mol. The highest BCUT2D eigenvalue weighted by atomic mass is 35.5. The molecule has 106 valence electrons. The quantitative estimate of drug-likeness (QED) is 0.677. The first-order chi connectivity index (χ1) is 10.2. The smallest absolute Gasteiger partial charge is 0.0580 e. The van der Waals surface area contributed by atoms with Crippen molar-refractivity contribution in [3.05, 3.63) is 81.8 Å². The molecule has 1 unspecified atom stereocenters. The summed E-state index contributed by atoms with van der Waals surface area (Å²) in [5, 5.41) is 7.11. The van der Waals surface area contributed by atoms with Gasteiger partial charge in [0.1, 0.15) is 0 Å². The van der Waals surface area contributed by atoms with E-state index in [0.29, 0.717) is 0 Å². The monoisotopic (exact) mass is 315 g/mol. The molecular formula is C18H15Cl2N. The lowest BCUT2D eigenvalue weighted by molar-refractivity contribution is 0.697. The standard InChI is InChI=1S/C18H15Cl2N/c1-21-18(12-5-4-6-13(19)11-12)16-9-10-17(20)15-8-3-2-7-14(15)16/h2-11,18,21H,1H3. The van der Waals surface area contributed by atoms with Gasteiger partial charge in [0, 0.05) is 15.4 Å². The third-order valence-corrected chi connectivity index (χ3v) is 4.25. The van der Waals surface area contributed by atoms with E-state index in [-0.39, 0.29) is 6.04 Å². The SMILES string of the molecule is CNC(c1cccc(Cl)c1)c1ccc(Cl)c2ccccc12. The van der Waals surface area contributed by atoms with Crippen molar-refractivity contribution in [2.75, 3.05) is 7.05 Å². The number of fused-ring (bicyclic) bond motifs is 1. The van der Waals surface area contributed by atoms with Crippen LogP contribution in [0.1, 0.15) is 17.2 Å². The van der Waals surface area contributed by atoms with Crippen LogP contribution in [0, 0.1) is 0 Å². The van der Waals surface area contributed by atoms with Gasteiger partial charge < -0.3 is 5.32 Å². The zero-order valence-electron chi connectivity index (χ0n) is 11.6. The Labute approximate surface area is 134 Å². The molecule has 0 fully saturated rings. The predicted molar refractivity (Wildman–Crippen MR) is 91.3 cm³/mol. The highest BCUT2D eigenvalue weighted by Crippen LogP contribution is 2.33. The second kappa shape index (κ2) is 6.07. The van der Waals surface area contributed by atoms with Gasteiger partial charge >= 0.3 is 0 Å². The Hall–Kier alpha value is -1.54. The number of hydrogen-bond acceptors (Lipinski definition) is 1. The van der Waals surface area contributed by atoms with Crippen LogP contribution in [-0.4, -0.2) is 7.05 Å². The number of rotatable bonds is 3. The third-order valence-electron chi connectivity index (χ3n) is 3.69. The molecule has 3 heteroatoms. The molecule has 0 saturated carbocycles. The number of hydrogen-bond donors (Lipinski definition) is 1. The van der Waals surface area contributed by atoms with Gasteiger partial charge in [-0.25, -0.2) is 0 Å². The van der Waals surface area contributed by atoms with Crippen LogP contribution < -0.4 is 5.32 Å². The summed E-state index contributed by atoms with van der Waals surface area (Å²) in [6.45, 7) is 0. The van der Waals surface area contributed by atoms with Crippen molar-refractivity contribution < 1.29 is 0 Å². The fraction of sp³-hybridized carbons (Fsp3) is 0.111. The van der Waals surface area contributed by atoms with Crippen molar-refractivity contribution in [3.8, 4) is 0 Å². The second-order valence-corrected chi connectivity index (χ2v) is 5.80. The second-order valence-electron chi connectivity index (χ2n) is 4.96. The molecule has 3 aromatic rings. The molecule has 1 nitrogen and oxygen atoms in total. The zero-order valence-corrected chi connectivity index (χ0v) is 13.1. The first kappa shape index (κ1) is 14.4. The maximum absolute atomic E-state index is 6.31. The summed E-state index contributed by atoms with van der Waals surface area (Å²) in [7, 11) is 1.95. The molecule has 0 heterocycles. The van der Waals surface area contributed by atoms with Crippen LogP contribution in [0.15, 0.2) is 60.7 Å². The fourth-order valence-electron chi connectivity index (χ4n) is 2.73. The molecule has 1 atom stereocenters. The van der Waals surface area contributed by atoms with Crippen molar-refractivity contribution in [1.82, 2.24) is 5.32 Å². The largest absolute Gasteiger partial charge is 0.309 e. The Balaban J connectivity index is 2.20. The Bertz CT molecular complexity index is 783. The molecule has 3 rings (SSSR count). The maximum atomic E-state index is 6.31. The average Bonchev–Trinajstić information content (AvgIpc) is 2.51. The number of nitrogens with one attached hydrogen (secondary N) is 1. The minimum absolute atomic E-state index is 0.0749. The molecule has 0 saturated heterocycles. The van der Waals surface area contributed by atoms with Gasteiger partial charge in [0.25, 0.3) is 0 Å². The summed E-state index contributed by atoms with van der Waals surface area (Å²) in [6.07, 6.45) is 0. The van der Waals surface area contributed by atoms with Crippen LogP contribution in [0.2, 0.25) is 10.0 Å². The third kappa shape index (κ3) is 2.77. The lowest BCUT2D eigenvalue weighted by Crippen LogP contribution is -2.18. The Morgan fingerprint density at radius 2 is 1.62 bits per heavy atom. The van der Waals surface area contributed by atoms with E-state index < -0.39 is 0 Å². The van der Waals surface area contributed by atoms with E-state index in [4.69, 9.17) is 23.2 Å². The first-order valence-electron chi connectivity index (χ1n) is 6.80. The Morgan fingerprint density at radius 3 is 2.33 bits per heavy atom. The zero-order chi connectivity index (χ0) is 14.8. The van der Waals surface area contributed by atoms with E-state index >= 15 is 0 Å². The topological polar surface area (TPSA) is 12.0 Å². The van der Waals surface area contributed by atoms with Crippen molar-refractivity contribution in [1.29, 1.82) is 0 Å². The van der Waals surface area contributed by atoms with E-state index in [0.717, 1.165) is 26.4 Å². The fourth-order valence-corrected chi connectivity index (χ4v) is 3.15. The van der Waals surface area contributed by atoms with E-state index in [2.05, 4.69) is 23.5 Å². The lowest BCUT2D eigenvalue weighted by atomic mass is 9.94. The van der Waals surface area contributed by atoms with Crippen molar-refractivity contribution in [3.63, 3.8) is 0 Å². The summed E-state index contributed by atoms with van der Waals surface area (Å²) < 4.78 is 0. The lowest BCUT2D eigenvalue weighted by Gasteiger charge is -2.20. The molecule has 0 aliphatic carbocycles. The molecule has 1 N–H and O–H groups in total. The molecule has 0 radical (unpaired) electrons. The molecule has 0 aliphatic heterocycles. The Morgan fingerprint density at radius 1 is 0.857 bits per heavy atom. The molecule has 0 bridgehead atoms. The van der Waals surface area contributed by atoms with Crippen LogP contribution in [0.4, 0.5) is 0 Å². The van der Waals surface area contributed by atoms with Gasteiger partial charge in [0.15, 0.2) is 0 Å². The Kier molecular flexibility index (Phi) is 4.16. The molecule has 0 aromatic heterocycles. The minimum Gasteiger partial charge on any atom is -0.309 e. The molecule has 0 aliphatic rings. The van der Waals surface area contributed by atoms with Gasteiger partial charge in [0.2, 0.25) is 0 Å². The summed E-state index contributed by atoms with van der Waals surface area (Å²) in [5.74, 6) is 0. The molecular weight excluding hydrogens is 301 g/mol. The molecule has 0 spiro atoms. The van der Waals surface area contributed by atoms with Crippen LogP contribution in [-0.2, 0) is 0 Å². The van der Waals surface area contributed by atoms with E-state index in [1.165, 1.54) is 5.56 Å². The number of benzene rings is 3. The normalized spacial score (nSPS) is 12.5. The summed E-state index contributed by atoms with van der Waals surface area (Å²) >= 11 is 12.4. The molecule has 0 amide bonds. The molecule has 21 heavy (non-hydrogen) atoms. The summed E-state index contributed by atoms with van der Waals surface area (Å²) in [4.78, 5) is 0. The minimum atomic E-state index is 0.0749. The first-order valence-corrected chi connectivity index (χ1v) is 7.56. The van der Waals surface area contributed by atoms with Gasteiger partial charge in [0.05, 0.1) is 6.04 Å². The van der Waals surface area contributed by atoms with Gasteiger partial charge in [-0.2, -0.15) is 0 Å². The van der Waals surface area contributed by atoms with Crippen LogP contribution in [0.25, 0.3) is 10.8 Å². The van der Waals surface area contributed by atoms with Crippen LogP contribution in [0.5, 0.6) is 0 Å². The van der Waals surface area contributed by atoms with Gasteiger partial charge in [-0.1, -0.05) is 65.7 Å². The maximum Gasteiger partial charge on any atom is 0.0580 e.